The van der Waals surface area contributed by atoms with E-state index in [1.54, 1.807) is 12.1 Å². The van der Waals surface area contributed by atoms with E-state index in [-0.39, 0.29) is 41.3 Å². The molecule has 7 atom stereocenters. The number of aliphatic hydroxyl groups is 3. The Labute approximate surface area is 253 Å². The first-order valence-corrected chi connectivity index (χ1v) is 14.0. The number of amides is 1. The molecular formula is C28H28BrF2N5O7. The van der Waals surface area contributed by atoms with Crippen LogP contribution in [-0.4, -0.2) is 99.7 Å². The van der Waals surface area contributed by atoms with Crippen molar-refractivity contribution in [3.63, 3.8) is 0 Å². The molecule has 3 N–H and O–H groups in total. The lowest BCUT2D eigenvalue weighted by Crippen LogP contribution is -2.63. The van der Waals surface area contributed by atoms with Crippen molar-refractivity contribution < 1.29 is 43.1 Å². The number of carbonyl (C=O) groups excluding carboxylic acids is 1. The third-order valence-corrected chi connectivity index (χ3v) is 8.09. The first-order chi connectivity index (χ1) is 20.6. The van der Waals surface area contributed by atoms with Gasteiger partial charge in [0, 0.05) is 22.8 Å². The number of nitrogens with zero attached hydrogens (tertiary/aromatic N) is 5. The summed E-state index contributed by atoms with van der Waals surface area (Å²) < 4.78 is 47.7. The standard InChI is InChI=1S/C28H28BrF2N5O7/c1-13-3-4-17(23(31)22(13)30)18-9-35(34-33-18)24-25(39)21(10-37)43-27(26(24)41-2)28(40)36(19-11-42-12-20(19)38)16-6-14(8-32)5-15(29)7-16/h3-7,9,19-21,24-27,37-39H,10-12H2,1-2H3/t19-,20-,21+,24-,25-,26+,27+/m0/s1. The van der Waals surface area contributed by atoms with E-state index in [9.17, 15) is 34.2 Å². The zero-order valence-electron chi connectivity index (χ0n) is 23.0. The number of aromatic nitrogens is 3. The van der Waals surface area contributed by atoms with Crippen LogP contribution in [0.25, 0.3) is 11.3 Å². The predicted molar refractivity (Wildman–Crippen MR) is 149 cm³/mol. The van der Waals surface area contributed by atoms with Crippen molar-refractivity contribution >= 4 is 27.5 Å². The van der Waals surface area contributed by atoms with E-state index >= 15 is 0 Å². The molecule has 3 aromatic rings. The van der Waals surface area contributed by atoms with Crippen molar-refractivity contribution in [3.05, 3.63) is 63.8 Å². The highest BCUT2D eigenvalue weighted by molar-refractivity contribution is 9.10. The minimum Gasteiger partial charge on any atom is -0.394 e. The number of benzene rings is 2. The molecule has 2 fully saturated rings. The first kappa shape index (κ1) is 31.1. The molecule has 0 aliphatic carbocycles. The number of hydrogen-bond donors (Lipinski definition) is 3. The molecule has 1 amide bonds. The molecule has 1 aromatic heterocycles. The van der Waals surface area contributed by atoms with E-state index in [4.69, 9.17) is 14.2 Å². The average Bonchev–Trinajstić information content (AvgIpc) is 3.64. The fourth-order valence-corrected chi connectivity index (χ4v) is 5.91. The summed E-state index contributed by atoms with van der Waals surface area (Å²) in [5.41, 5.74) is 0.390. The number of halogens is 3. The van der Waals surface area contributed by atoms with E-state index < -0.39 is 66.8 Å². The molecule has 0 radical (unpaired) electrons. The van der Waals surface area contributed by atoms with Crippen LogP contribution in [0.1, 0.15) is 17.2 Å². The summed E-state index contributed by atoms with van der Waals surface area (Å²) in [6.45, 7) is 0.668. The Balaban J connectivity index is 1.56. The summed E-state index contributed by atoms with van der Waals surface area (Å²) in [7, 11) is 1.28. The van der Waals surface area contributed by atoms with Gasteiger partial charge in [0.1, 0.15) is 36.2 Å². The number of aliphatic hydroxyl groups excluding tert-OH is 3. The van der Waals surface area contributed by atoms with Crippen molar-refractivity contribution in [2.75, 3.05) is 31.8 Å². The number of aryl methyl sites for hydroxylation is 1. The highest BCUT2D eigenvalue weighted by atomic mass is 79.9. The molecule has 0 bridgehead atoms. The van der Waals surface area contributed by atoms with Crippen LogP contribution >= 0.6 is 15.9 Å². The molecule has 2 aliphatic heterocycles. The minimum absolute atomic E-state index is 0.0216. The van der Waals surface area contributed by atoms with Gasteiger partial charge in [-0.05, 0) is 36.8 Å². The average molecular weight is 664 g/mol. The van der Waals surface area contributed by atoms with Crippen LogP contribution in [0.3, 0.4) is 0 Å². The molecule has 0 saturated carbocycles. The maximum Gasteiger partial charge on any atom is 0.259 e. The van der Waals surface area contributed by atoms with Gasteiger partial charge in [-0.1, -0.05) is 27.2 Å². The van der Waals surface area contributed by atoms with Crippen molar-refractivity contribution in [1.82, 2.24) is 15.0 Å². The summed E-state index contributed by atoms with van der Waals surface area (Å²) in [5.74, 6) is -2.88. The molecule has 3 heterocycles. The van der Waals surface area contributed by atoms with Crippen molar-refractivity contribution in [1.29, 1.82) is 5.26 Å². The Morgan fingerprint density at radius 2 is 2.02 bits per heavy atom. The van der Waals surface area contributed by atoms with Crippen LogP contribution in [0.2, 0.25) is 0 Å². The van der Waals surface area contributed by atoms with Crippen molar-refractivity contribution in [2.24, 2.45) is 0 Å². The molecule has 2 saturated heterocycles. The van der Waals surface area contributed by atoms with E-state index in [0.29, 0.717) is 4.47 Å². The van der Waals surface area contributed by atoms with E-state index in [1.165, 1.54) is 43.3 Å². The van der Waals surface area contributed by atoms with Crippen LogP contribution in [0.15, 0.2) is 41.0 Å². The van der Waals surface area contributed by atoms with Gasteiger partial charge < -0.3 is 34.4 Å². The lowest BCUT2D eigenvalue weighted by atomic mass is 9.91. The smallest absolute Gasteiger partial charge is 0.259 e. The highest BCUT2D eigenvalue weighted by Crippen LogP contribution is 2.36. The van der Waals surface area contributed by atoms with Gasteiger partial charge >= 0.3 is 0 Å². The Hall–Kier alpha value is -3.36. The van der Waals surface area contributed by atoms with Crippen molar-refractivity contribution in [3.8, 4) is 17.3 Å². The zero-order chi connectivity index (χ0) is 31.0. The summed E-state index contributed by atoms with van der Waals surface area (Å²) in [6, 6.07) is 7.32. The molecule has 2 aliphatic rings. The van der Waals surface area contributed by atoms with E-state index in [2.05, 4.69) is 26.2 Å². The molecule has 5 rings (SSSR count). The lowest BCUT2D eigenvalue weighted by molar-refractivity contribution is -0.211. The quantitative estimate of drug-likeness (QED) is 0.339. The normalized spacial score (nSPS) is 27.2. The van der Waals surface area contributed by atoms with Gasteiger partial charge in [-0.3, -0.25) is 4.79 Å². The molecule has 0 spiro atoms. The van der Waals surface area contributed by atoms with Gasteiger partial charge in [0.25, 0.3) is 5.91 Å². The second-order valence-electron chi connectivity index (χ2n) is 10.3. The first-order valence-electron chi connectivity index (χ1n) is 13.2. The molecule has 43 heavy (non-hydrogen) atoms. The lowest BCUT2D eigenvalue weighted by Gasteiger charge is -2.45. The summed E-state index contributed by atoms with van der Waals surface area (Å²) in [4.78, 5) is 15.6. The van der Waals surface area contributed by atoms with Crippen LogP contribution in [-0.2, 0) is 19.0 Å². The number of anilines is 1. The number of carbonyl (C=O) groups is 1. The minimum atomic E-state index is -1.48. The highest BCUT2D eigenvalue weighted by Gasteiger charge is 2.52. The molecule has 228 valence electrons. The fourth-order valence-electron chi connectivity index (χ4n) is 5.42. The SMILES string of the molecule is CO[C@@H]1[C@@H](n2cc(-c3ccc(C)c(F)c3F)nn2)[C@@H](O)[C@@H](CO)O[C@H]1C(=O)N(c1cc(Br)cc(C#N)c1)[C@H]1COC[C@@H]1O. The number of ether oxygens (including phenoxy) is 3. The summed E-state index contributed by atoms with van der Waals surface area (Å²) >= 11 is 3.35. The van der Waals surface area contributed by atoms with Crippen LogP contribution in [0.5, 0.6) is 0 Å². The molecule has 15 heteroatoms. The second-order valence-corrected chi connectivity index (χ2v) is 11.2. The van der Waals surface area contributed by atoms with Crippen LogP contribution < -0.4 is 4.90 Å². The Morgan fingerprint density at radius 1 is 1.26 bits per heavy atom. The maximum absolute atomic E-state index is 14.7. The zero-order valence-corrected chi connectivity index (χ0v) is 24.6. The van der Waals surface area contributed by atoms with Gasteiger partial charge in [0.15, 0.2) is 17.7 Å². The fraction of sp³-hybridized carbons (Fsp3) is 0.429. The monoisotopic (exact) mass is 663 g/mol. The number of nitriles is 1. The molecular weight excluding hydrogens is 636 g/mol. The predicted octanol–water partition coefficient (Wildman–Crippen LogP) is 1.64. The van der Waals surface area contributed by atoms with Gasteiger partial charge in [-0.25, -0.2) is 13.5 Å². The number of hydrogen-bond acceptors (Lipinski definition) is 10. The number of rotatable bonds is 7. The molecule has 2 aromatic carbocycles. The summed E-state index contributed by atoms with van der Waals surface area (Å²) in [5, 5.41) is 49.5. The van der Waals surface area contributed by atoms with Crippen LogP contribution in [0.4, 0.5) is 14.5 Å². The Morgan fingerprint density at radius 3 is 2.67 bits per heavy atom. The number of methoxy groups -OCH3 is 1. The van der Waals surface area contributed by atoms with E-state index in [0.717, 1.165) is 4.68 Å². The van der Waals surface area contributed by atoms with Gasteiger partial charge in [0.2, 0.25) is 0 Å². The second kappa shape index (κ2) is 12.7. The molecule has 0 unspecified atom stereocenters. The third kappa shape index (κ3) is 5.79. The van der Waals surface area contributed by atoms with E-state index in [1.807, 2.05) is 6.07 Å². The van der Waals surface area contributed by atoms with Crippen LogP contribution in [0, 0.1) is 29.9 Å². The maximum atomic E-state index is 14.7. The largest absolute Gasteiger partial charge is 0.394 e. The summed E-state index contributed by atoms with van der Waals surface area (Å²) in [6.07, 6.45) is -5.30. The van der Waals surface area contributed by atoms with Gasteiger partial charge in [-0.15, -0.1) is 5.10 Å². The van der Waals surface area contributed by atoms with Gasteiger partial charge in [-0.2, -0.15) is 5.26 Å². The Bertz CT molecular complexity index is 1550. The van der Waals surface area contributed by atoms with Gasteiger partial charge in [0.05, 0.1) is 43.7 Å². The topological polar surface area (TPSA) is 163 Å². The third-order valence-electron chi connectivity index (χ3n) is 7.63. The van der Waals surface area contributed by atoms with Crippen molar-refractivity contribution in [2.45, 2.75) is 49.5 Å². The molecule has 12 nitrogen and oxygen atoms in total. The Kier molecular flexibility index (Phi) is 9.18.